The van der Waals surface area contributed by atoms with E-state index in [1.165, 1.54) is 0 Å². The van der Waals surface area contributed by atoms with Crippen LogP contribution in [0.15, 0.2) is 35.3 Å². The molecule has 3 aromatic rings. The maximum absolute atomic E-state index is 12.3. The summed E-state index contributed by atoms with van der Waals surface area (Å²) < 4.78 is 1.57. The third-order valence-corrected chi connectivity index (χ3v) is 5.04. The molecule has 0 unspecified atom stereocenters. The SMILES string of the molecule is Cc1cc(C[C@@H]2CN(Cc3cc(=O)n4cccc(C)c4n3)C[C@H]2O)n[nH]1. The summed E-state index contributed by atoms with van der Waals surface area (Å²) in [4.78, 5) is 19.2. The van der Waals surface area contributed by atoms with Crippen LogP contribution in [-0.4, -0.2) is 48.8 Å². The molecule has 0 radical (unpaired) electrons. The number of nitrogens with zero attached hydrogens (tertiary/aromatic N) is 4. The molecule has 4 rings (SSSR count). The molecular formula is C19H23N5O2. The van der Waals surface area contributed by atoms with Gasteiger partial charge in [-0.15, -0.1) is 0 Å². The number of likely N-dealkylation sites (tertiary alicyclic amines) is 1. The zero-order valence-corrected chi connectivity index (χ0v) is 15.0. The summed E-state index contributed by atoms with van der Waals surface area (Å²) in [5, 5.41) is 17.6. The van der Waals surface area contributed by atoms with Crippen molar-refractivity contribution in [3.05, 3.63) is 63.5 Å². The Morgan fingerprint density at radius 2 is 2.12 bits per heavy atom. The van der Waals surface area contributed by atoms with Crippen LogP contribution in [0.3, 0.4) is 0 Å². The van der Waals surface area contributed by atoms with Gasteiger partial charge in [0.15, 0.2) is 0 Å². The standard InChI is InChI=1S/C19H23N5O2/c1-12-4-3-5-24-18(26)8-16(20-19(12)24)10-23-9-14(17(25)11-23)7-15-6-13(2)21-22-15/h3-6,8,14,17,25H,7,9-11H2,1-2H3,(H,21,22)/t14-,17-/m1/s1. The van der Waals surface area contributed by atoms with Crippen molar-refractivity contribution >= 4 is 5.65 Å². The van der Waals surface area contributed by atoms with Gasteiger partial charge in [0, 0.05) is 43.5 Å². The van der Waals surface area contributed by atoms with E-state index in [-0.39, 0.29) is 11.5 Å². The topological polar surface area (TPSA) is 86.5 Å². The van der Waals surface area contributed by atoms with E-state index in [0.717, 1.165) is 35.6 Å². The van der Waals surface area contributed by atoms with Crippen molar-refractivity contribution in [3.8, 4) is 0 Å². The average molecular weight is 353 g/mol. The number of β-amino-alcohol motifs (C(OH)–C–C–N with tert-alkyl or cyclic N) is 1. The van der Waals surface area contributed by atoms with E-state index < -0.39 is 6.10 Å². The van der Waals surface area contributed by atoms with Crippen LogP contribution in [0.2, 0.25) is 0 Å². The normalized spacial score (nSPS) is 20.9. The highest BCUT2D eigenvalue weighted by Gasteiger charge is 2.32. The quantitative estimate of drug-likeness (QED) is 0.733. The first-order chi connectivity index (χ1) is 12.5. The van der Waals surface area contributed by atoms with Crippen molar-refractivity contribution in [2.45, 2.75) is 32.9 Å². The number of aryl methyl sites for hydroxylation is 2. The van der Waals surface area contributed by atoms with Gasteiger partial charge in [-0.1, -0.05) is 6.07 Å². The minimum absolute atomic E-state index is 0.0722. The molecule has 0 bridgehead atoms. The van der Waals surface area contributed by atoms with Crippen LogP contribution in [0.1, 0.15) is 22.6 Å². The van der Waals surface area contributed by atoms with E-state index in [4.69, 9.17) is 0 Å². The van der Waals surface area contributed by atoms with Gasteiger partial charge in [0.25, 0.3) is 5.56 Å². The average Bonchev–Trinajstić information content (AvgIpc) is 3.15. The van der Waals surface area contributed by atoms with Gasteiger partial charge in [0.05, 0.1) is 17.5 Å². The number of pyridine rings is 1. The van der Waals surface area contributed by atoms with Crippen LogP contribution in [-0.2, 0) is 13.0 Å². The predicted molar refractivity (Wildman–Crippen MR) is 98.0 cm³/mol. The molecule has 136 valence electrons. The maximum Gasteiger partial charge on any atom is 0.258 e. The largest absolute Gasteiger partial charge is 0.391 e. The molecule has 0 saturated carbocycles. The number of fused-ring (bicyclic) bond motifs is 1. The van der Waals surface area contributed by atoms with E-state index in [9.17, 15) is 9.90 Å². The monoisotopic (exact) mass is 353 g/mol. The molecule has 0 aromatic carbocycles. The molecule has 7 nitrogen and oxygen atoms in total. The fourth-order valence-electron chi connectivity index (χ4n) is 3.74. The molecule has 2 atom stereocenters. The summed E-state index contributed by atoms with van der Waals surface area (Å²) in [5.41, 5.74) is 4.34. The highest BCUT2D eigenvalue weighted by molar-refractivity contribution is 5.46. The Bertz CT molecular complexity index is 993. The number of nitrogens with one attached hydrogen (secondary N) is 1. The first-order valence-corrected chi connectivity index (χ1v) is 8.89. The van der Waals surface area contributed by atoms with Gasteiger partial charge >= 0.3 is 0 Å². The Balaban J connectivity index is 1.50. The van der Waals surface area contributed by atoms with Crippen LogP contribution >= 0.6 is 0 Å². The van der Waals surface area contributed by atoms with Gasteiger partial charge in [0.2, 0.25) is 0 Å². The predicted octanol–water partition coefficient (Wildman–Crippen LogP) is 1.07. The molecule has 0 spiro atoms. The molecule has 0 amide bonds. The lowest BCUT2D eigenvalue weighted by Crippen LogP contribution is -2.24. The summed E-state index contributed by atoms with van der Waals surface area (Å²) in [6.45, 7) is 5.84. The number of aliphatic hydroxyl groups is 1. The number of aromatic nitrogens is 4. The minimum atomic E-state index is -0.393. The lowest BCUT2D eigenvalue weighted by Gasteiger charge is -2.15. The van der Waals surface area contributed by atoms with Crippen LogP contribution in [0.4, 0.5) is 0 Å². The summed E-state index contributed by atoms with van der Waals surface area (Å²) >= 11 is 0. The van der Waals surface area contributed by atoms with Crippen LogP contribution in [0, 0.1) is 19.8 Å². The number of H-pyrrole nitrogens is 1. The zero-order chi connectivity index (χ0) is 18.3. The number of aliphatic hydroxyl groups excluding tert-OH is 1. The Labute approximate surface area is 151 Å². The summed E-state index contributed by atoms with van der Waals surface area (Å²) in [6.07, 6.45) is 2.09. The summed E-state index contributed by atoms with van der Waals surface area (Å²) in [6, 6.07) is 7.41. The first-order valence-electron chi connectivity index (χ1n) is 8.89. The maximum atomic E-state index is 12.3. The lowest BCUT2D eigenvalue weighted by molar-refractivity contribution is 0.140. The van der Waals surface area contributed by atoms with Gasteiger partial charge in [-0.25, -0.2) is 4.98 Å². The number of rotatable bonds is 4. The molecule has 1 aliphatic rings. The van der Waals surface area contributed by atoms with Crippen LogP contribution in [0.25, 0.3) is 5.65 Å². The molecule has 26 heavy (non-hydrogen) atoms. The third kappa shape index (κ3) is 3.27. The van der Waals surface area contributed by atoms with Gasteiger partial charge in [-0.2, -0.15) is 5.10 Å². The lowest BCUT2D eigenvalue weighted by atomic mass is 10.0. The summed E-state index contributed by atoms with van der Waals surface area (Å²) in [5.74, 6) is 0.140. The molecule has 1 saturated heterocycles. The fourth-order valence-corrected chi connectivity index (χ4v) is 3.74. The van der Waals surface area contributed by atoms with Gasteiger partial charge < -0.3 is 5.11 Å². The first kappa shape index (κ1) is 16.9. The Morgan fingerprint density at radius 3 is 2.88 bits per heavy atom. The molecule has 3 aromatic heterocycles. The van der Waals surface area contributed by atoms with Crippen molar-refractivity contribution in [2.24, 2.45) is 5.92 Å². The van der Waals surface area contributed by atoms with Crippen molar-refractivity contribution < 1.29 is 5.11 Å². The molecule has 1 fully saturated rings. The molecule has 4 heterocycles. The van der Waals surface area contributed by atoms with Crippen molar-refractivity contribution in [2.75, 3.05) is 13.1 Å². The number of aromatic amines is 1. The molecule has 7 heteroatoms. The smallest absolute Gasteiger partial charge is 0.258 e. The van der Waals surface area contributed by atoms with Crippen LogP contribution in [0.5, 0.6) is 0 Å². The second-order valence-corrected chi connectivity index (χ2v) is 7.24. The zero-order valence-electron chi connectivity index (χ0n) is 15.0. The van der Waals surface area contributed by atoms with Gasteiger partial charge in [-0.05, 0) is 38.0 Å². The van der Waals surface area contributed by atoms with E-state index in [1.54, 1.807) is 16.7 Å². The highest BCUT2D eigenvalue weighted by atomic mass is 16.3. The van der Waals surface area contributed by atoms with Crippen molar-refractivity contribution in [1.29, 1.82) is 0 Å². The Hall–Kier alpha value is -2.51. The van der Waals surface area contributed by atoms with Gasteiger partial charge in [-0.3, -0.25) is 19.2 Å². The molecule has 1 aliphatic heterocycles. The van der Waals surface area contributed by atoms with Crippen molar-refractivity contribution in [1.82, 2.24) is 24.5 Å². The van der Waals surface area contributed by atoms with E-state index in [1.807, 2.05) is 32.0 Å². The highest BCUT2D eigenvalue weighted by Crippen LogP contribution is 2.22. The minimum Gasteiger partial charge on any atom is -0.391 e. The number of hydrogen-bond donors (Lipinski definition) is 2. The second kappa shape index (κ2) is 6.66. The second-order valence-electron chi connectivity index (χ2n) is 7.24. The van der Waals surface area contributed by atoms with Crippen LogP contribution < -0.4 is 5.56 Å². The van der Waals surface area contributed by atoms with E-state index in [0.29, 0.717) is 18.7 Å². The molecular weight excluding hydrogens is 330 g/mol. The molecule has 0 aliphatic carbocycles. The Kier molecular flexibility index (Phi) is 4.34. The Morgan fingerprint density at radius 1 is 1.27 bits per heavy atom. The number of hydrogen-bond acceptors (Lipinski definition) is 5. The van der Waals surface area contributed by atoms with E-state index >= 15 is 0 Å². The van der Waals surface area contributed by atoms with Crippen molar-refractivity contribution in [3.63, 3.8) is 0 Å². The fraction of sp³-hybridized carbons (Fsp3) is 0.421. The van der Waals surface area contributed by atoms with E-state index in [2.05, 4.69) is 20.1 Å². The summed E-state index contributed by atoms with van der Waals surface area (Å²) in [7, 11) is 0. The third-order valence-electron chi connectivity index (χ3n) is 5.04. The molecule has 2 N–H and O–H groups in total. The van der Waals surface area contributed by atoms with Gasteiger partial charge in [0.1, 0.15) is 5.65 Å².